The standard InChI is InChI=1S/C38H28N4S/c1-22(2)31-21-30(28-19-18-25-17-16-23(3)39-33(25)35(28)40-31)26-12-9-13-27(20-26)38-41-34(24-10-5-4-6-11-24)37-36(42-38)29-14-7-8-15-32(29)43-37/h4-22H,1-3H3. The Morgan fingerprint density at radius 2 is 1.35 bits per heavy atom. The Morgan fingerprint density at radius 1 is 0.581 bits per heavy atom. The van der Waals surface area contributed by atoms with Gasteiger partial charge < -0.3 is 0 Å². The van der Waals surface area contributed by atoms with Gasteiger partial charge in [-0.3, -0.25) is 9.97 Å². The van der Waals surface area contributed by atoms with Gasteiger partial charge in [-0.1, -0.05) is 98.8 Å². The molecule has 4 aromatic heterocycles. The van der Waals surface area contributed by atoms with Crippen LogP contribution in [-0.2, 0) is 0 Å². The monoisotopic (exact) mass is 572 g/mol. The van der Waals surface area contributed by atoms with Crippen LogP contribution in [-0.4, -0.2) is 19.9 Å². The third-order valence-electron chi connectivity index (χ3n) is 8.09. The van der Waals surface area contributed by atoms with Crippen molar-refractivity contribution < 1.29 is 0 Å². The summed E-state index contributed by atoms with van der Waals surface area (Å²) in [5, 5.41) is 3.36. The molecule has 8 aromatic rings. The van der Waals surface area contributed by atoms with Crippen LogP contribution in [0, 0.1) is 6.92 Å². The first kappa shape index (κ1) is 25.7. The summed E-state index contributed by atoms with van der Waals surface area (Å²) in [6.45, 7) is 6.42. The van der Waals surface area contributed by atoms with Gasteiger partial charge in [0, 0.05) is 43.4 Å². The lowest BCUT2D eigenvalue weighted by Gasteiger charge is -2.14. The average Bonchev–Trinajstić information content (AvgIpc) is 3.43. The van der Waals surface area contributed by atoms with E-state index in [1.807, 2.05) is 13.0 Å². The number of rotatable bonds is 4. The number of nitrogens with zero attached hydrogens (tertiary/aromatic N) is 4. The minimum absolute atomic E-state index is 0.275. The molecule has 0 bridgehead atoms. The molecule has 0 fully saturated rings. The molecule has 0 aliphatic rings. The first-order valence-electron chi connectivity index (χ1n) is 14.6. The molecule has 0 aliphatic carbocycles. The molecular weight excluding hydrogens is 545 g/mol. The van der Waals surface area contributed by atoms with Gasteiger partial charge >= 0.3 is 0 Å². The van der Waals surface area contributed by atoms with Gasteiger partial charge in [0.2, 0.25) is 0 Å². The molecule has 4 nitrogen and oxygen atoms in total. The average molecular weight is 573 g/mol. The lowest BCUT2D eigenvalue weighted by Crippen LogP contribution is -1.98. The van der Waals surface area contributed by atoms with Crippen LogP contribution in [0.3, 0.4) is 0 Å². The van der Waals surface area contributed by atoms with E-state index in [9.17, 15) is 0 Å². The highest BCUT2D eigenvalue weighted by Gasteiger charge is 2.18. The van der Waals surface area contributed by atoms with E-state index in [-0.39, 0.29) is 5.92 Å². The maximum absolute atomic E-state index is 5.21. The second kappa shape index (κ2) is 10.1. The van der Waals surface area contributed by atoms with E-state index in [0.29, 0.717) is 0 Å². The minimum atomic E-state index is 0.275. The van der Waals surface area contributed by atoms with Crippen LogP contribution in [0.5, 0.6) is 0 Å². The summed E-state index contributed by atoms with van der Waals surface area (Å²) >= 11 is 1.76. The van der Waals surface area contributed by atoms with Crippen LogP contribution in [0.2, 0.25) is 0 Å². The second-order valence-electron chi connectivity index (χ2n) is 11.4. The van der Waals surface area contributed by atoms with E-state index in [1.54, 1.807) is 11.3 Å². The molecule has 0 radical (unpaired) electrons. The van der Waals surface area contributed by atoms with Crippen molar-refractivity contribution >= 4 is 53.4 Å². The Morgan fingerprint density at radius 3 is 2.21 bits per heavy atom. The van der Waals surface area contributed by atoms with E-state index in [4.69, 9.17) is 19.9 Å². The smallest absolute Gasteiger partial charge is 0.160 e. The van der Waals surface area contributed by atoms with Gasteiger partial charge in [-0.05, 0) is 48.2 Å². The van der Waals surface area contributed by atoms with Crippen molar-refractivity contribution in [1.82, 2.24) is 19.9 Å². The summed E-state index contributed by atoms with van der Waals surface area (Å²) in [6, 6.07) is 38.3. The van der Waals surface area contributed by atoms with E-state index in [0.717, 1.165) is 82.6 Å². The number of thiophene rings is 1. The van der Waals surface area contributed by atoms with Crippen LogP contribution < -0.4 is 0 Å². The summed E-state index contributed by atoms with van der Waals surface area (Å²) in [5.74, 6) is 0.999. The number of benzene rings is 4. The highest BCUT2D eigenvalue weighted by atomic mass is 32.1. The van der Waals surface area contributed by atoms with Crippen molar-refractivity contribution in [2.45, 2.75) is 26.7 Å². The van der Waals surface area contributed by atoms with E-state index in [1.165, 1.54) is 4.70 Å². The van der Waals surface area contributed by atoms with Crippen LogP contribution in [0.4, 0.5) is 0 Å². The minimum Gasteiger partial charge on any atom is -0.251 e. The molecule has 0 atom stereocenters. The fourth-order valence-corrected chi connectivity index (χ4v) is 7.01. The van der Waals surface area contributed by atoms with Gasteiger partial charge in [0.1, 0.15) is 0 Å². The summed E-state index contributed by atoms with van der Waals surface area (Å²) in [5.41, 5.74) is 10.2. The molecule has 4 heterocycles. The molecule has 0 saturated heterocycles. The van der Waals surface area contributed by atoms with E-state index >= 15 is 0 Å². The number of aryl methyl sites for hydroxylation is 1. The zero-order valence-corrected chi connectivity index (χ0v) is 25.0. The van der Waals surface area contributed by atoms with Crippen molar-refractivity contribution in [2.75, 3.05) is 0 Å². The zero-order valence-electron chi connectivity index (χ0n) is 24.2. The second-order valence-corrected chi connectivity index (χ2v) is 12.4. The van der Waals surface area contributed by atoms with Gasteiger partial charge in [-0.15, -0.1) is 11.3 Å². The fourth-order valence-electron chi connectivity index (χ4n) is 5.86. The molecule has 0 aliphatic heterocycles. The number of hydrogen-bond acceptors (Lipinski definition) is 5. The van der Waals surface area contributed by atoms with Gasteiger partial charge in [-0.25, -0.2) is 9.97 Å². The predicted molar refractivity (Wildman–Crippen MR) is 181 cm³/mol. The lowest BCUT2D eigenvalue weighted by molar-refractivity contribution is 0.831. The van der Waals surface area contributed by atoms with Crippen molar-refractivity contribution in [3.05, 3.63) is 121 Å². The zero-order chi connectivity index (χ0) is 29.1. The number of aromatic nitrogens is 4. The van der Waals surface area contributed by atoms with Crippen LogP contribution in [0.25, 0.3) is 75.9 Å². The highest BCUT2D eigenvalue weighted by Crippen LogP contribution is 2.40. The summed E-state index contributed by atoms with van der Waals surface area (Å²) in [4.78, 5) is 20.4. The predicted octanol–water partition coefficient (Wildman–Crippen LogP) is 10.4. The maximum atomic E-state index is 5.21. The van der Waals surface area contributed by atoms with Crippen molar-refractivity contribution in [3.63, 3.8) is 0 Å². The topological polar surface area (TPSA) is 51.6 Å². The lowest BCUT2D eigenvalue weighted by atomic mass is 9.95. The molecule has 5 heteroatoms. The van der Waals surface area contributed by atoms with Gasteiger partial charge in [-0.2, -0.15) is 0 Å². The molecule has 4 aromatic carbocycles. The Bertz CT molecular complexity index is 2340. The quantitative estimate of drug-likeness (QED) is 0.197. The van der Waals surface area contributed by atoms with Gasteiger partial charge in [0.15, 0.2) is 5.82 Å². The van der Waals surface area contributed by atoms with Crippen molar-refractivity contribution in [2.24, 2.45) is 0 Å². The number of hydrogen-bond donors (Lipinski definition) is 0. The van der Waals surface area contributed by atoms with Crippen molar-refractivity contribution in [1.29, 1.82) is 0 Å². The van der Waals surface area contributed by atoms with E-state index < -0.39 is 0 Å². The van der Waals surface area contributed by atoms with Gasteiger partial charge in [0.25, 0.3) is 0 Å². The summed E-state index contributed by atoms with van der Waals surface area (Å²) in [7, 11) is 0. The first-order valence-corrected chi connectivity index (χ1v) is 15.4. The molecule has 0 amide bonds. The van der Waals surface area contributed by atoms with Crippen LogP contribution in [0.1, 0.15) is 31.2 Å². The van der Waals surface area contributed by atoms with Crippen molar-refractivity contribution in [3.8, 4) is 33.8 Å². The third kappa shape index (κ3) is 4.36. The van der Waals surface area contributed by atoms with Crippen LogP contribution >= 0.6 is 11.3 Å². The Kier molecular flexibility index (Phi) is 6.02. The molecule has 8 rings (SSSR count). The Balaban J connectivity index is 1.37. The molecule has 0 N–H and O–H groups in total. The van der Waals surface area contributed by atoms with E-state index in [2.05, 4.69) is 117 Å². The molecular formula is C38H28N4S. The Hall–Kier alpha value is -5.00. The normalized spacial score (nSPS) is 11.8. The number of pyridine rings is 2. The SMILES string of the molecule is Cc1ccc2ccc3c(-c4cccc(-c5nc(-c6ccccc6)c6sc7ccccc7c6n5)c4)cc(C(C)C)nc3c2n1. The Labute approximate surface area is 253 Å². The summed E-state index contributed by atoms with van der Waals surface area (Å²) in [6.07, 6.45) is 0. The molecule has 0 spiro atoms. The summed E-state index contributed by atoms with van der Waals surface area (Å²) < 4.78 is 2.33. The molecule has 0 unspecified atom stereocenters. The molecule has 206 valence electrons. The largest absolute Gasteiger partial charge is 0.251 e. The third-order valence-corrected chi connectivity index (χ3v) is 9.25. The fraction of sp³-hybridized carbons (Fsp3) is 0.105. The highest BCUT2D eigenvalue weighted by molar-refractivity contribution is 7.26. The number of fused-ring (bicyclic) bond motifs is 6. The first-order chi connectivity index (χ1) is 21.0. The molecule has 43 heavy (non-hydrogen) atoms. The van der Waals surface area contributed by atoms with Gasteiger partial charge in [0.05, 0.1) is 26.9 Å². The molecule has 0 saturated carbocycles. The van der Waals surface area contributed by atoms with Crippen LogP contribution in [0.15, 0.2) is 109 Å². The maximum Gasteiger partial charge on any atom is 0.160 e.